The largest absolute Gasteiger partial charge is 0.354 e. The van der Waals surface area contributed by atoms with Gasteiger partial charge in [-0.2, -0.15) is 0 Å². The van der Waals surface area contributed by atoms with E-state index >= 15 is 0 Å². The minimum atomic E-state index is -0.117. The van der Waals surface area contributed by atoms with Gasteiger partial charge in [-0.3, -0.25) is 14.2 Å². The van der Waals surface area contributed by atoms with Gasteiger partial charge in [0, 0.05) is 31.1 Å². The van der Waals surface area contributed by atoms with E-state index in [0.29, 0.717) is 25.2 Å². The second-order valence-electron chi connectivity index (χ2n) is 4.77. The third-order valence-electron chi connectivity index (χ3n) is 3.10. The van der Waals surface area contributed by atoms with Crippen molar-refractivity contribution in [2.75, 3.05) is 6.54 Å². The molecule has 5 heteroatoms. The average molecular weight is 285 g/mol. The van der Waals surface area contributed by atoms with Crippen LogP contribution in [0.1, 0.15) is 19.8 Å². The molecule has 0 aliphatic carbocycles. The molecule has 0 bridgehead atoms. The van der Waals surface area contributed by atoms with Crippen LogP contribution in [0.5, 0.6) is 0 Å². The Morgan fingerprint density at radius 1 is 1.29 bits per heavy atom. The van der Waals surface area contributed by atoms with Crippen LogP contribution in [0.4, 0.5) is 0 Å². The highest BCUT2D eigenvalue weighted by atomic mass is 16.1. The molecule has 0 atom stereocenters. The van der Waals surface area contributed by atoms with Crippen LogP contribution in [0.3, 0.4) is 0 Å². The van der Waals surface area contributed by atoms with Crippen LogP contribution in [0.25, 0.3) is 11.3 Å². The van der Waals surface area contributed by atoms with E-state index in [1.807, 2.05) is 37.3 Å². The number of carbonyl (C=O) groups is 1. The van der Waals surface area contributed by atoms with E-state index in [9.17, 15) is 9.59 Å². The summed E-state index contributed by atoms with van der Waals surface area (Å²) in [5.41, 5.74) is 1.46. The summed E-state index contributed by atoms with van der Waals surface area (Å²) in [6.07, 6.45) is 2.86. The first-order valence-corrected chi connectivity index (χ1v) is 7.09. The zero-order chi connectivity index (χ0) is 15.1. The molecule has 0 saturated heterocycles. The van der Waals surface area contributed by atoms with Crippen LogP contribution < -0.4 is 10.9 Å². The number of rotatable bonds is 6. The zero-order valence-corrected chi connectivity index (χ0v) is 12.1. The molecule has 5 nitrogen and oxygen atoms in total. The van der Waals surface area contributed by atoms with Gasteiger partial charge in [0.1, 0.15) is 0 Å². The molecule has 0 saturated carbocycles. The Labute approximate surface area is 123 Å². The number of amides is 1. The van der Waals surface area contributed by atoms with Crippen molar-refractivity contribution in [3.8, 4) is 11.3 Å². The highest BCUT2D eigenvalue weighted by Gasteiger charge is 2.03. The molecule has 0 radical (unpaired) electrons. The maximum atomic E-state index is 12.0. The summed E-state index contributed by atoms with van der Waals surface area (Å²) in [7, 11) is 0. The third-order valence-corrected chi connectivity index (χ3v) is 3.10. The summed E-state index contributed by atoms with van der Waals surface area (Å²) in [6.45, 7) is 2.82. The van der Waals surface area contributed by atoms with E-state index in [1.54, 1.807) is 0 Å². The van der Waals surface area contributed by atoms with Gasteiger partial charge in [0.05, 0.1) is 12.0 Å². The van der Waals surface area contributed by atoms with Crippen molar-refractivity contribution in [3.05, 3.63) is 53.1 Å². The van der Waals surface area contributed by atoms with Crippen LogP contribution in [0.2, 0.25) is 0 Å². The lowest BCUT2D eigenvalue weighted by Gasteiger charge is -2.07. The molecule has 1 N–H and O–H groups in total. The first-order valence-electron chi connectivity index (χ1n) is 7.09. The molecule has 1 aromatic heterocycles. The van der Waals surface area contributed by atoms with Gasteiger partial charge in [-0.1, -0.05) is 37.3 Å². The smallest absolute Gasteiger partial charge is 0.253 e. The second kappa shape index (κ2) is 7.38. The van der Waals surface area contributed by atoms with Crippen molar-refractivity contribution >= 4 is 5.91 Å². The Balaban J connectivity index is 2.00. The Morgan fingerprint density at radius 3 is 2.71 bits per heavy atom. The van der Waals surface area contributed by atoms with Gasteiger partial charge < -0.3 is 5.32 Å². The summed E-state index contributed by atoms with van der Waals surface area (Å²) < 4.78 is 1.50. The van der Waals surface area contributed by atoms with E-state index < -0.39 is 0 Å². The van der Waals surface area contributed by atoms with Gasteiger partial charge in [-0.05, 0) is 6.42 Å². The predicted molar refractivity (Wildman–Crippen MR) is 81.9 cm³/mol. The van der Waals surface area contributed by atoms with Crippen molar-refractivity contribution in [3.63, 3.8) is 0 Å². The number of benzene rings is 1. The van der Waals surface area contributed by atoms with Crippen LogP contribution in [0, 0.1) is 0 Å². The number of aromatic nitrogens is 2. The fourth-order valence-electron chi connectivity index (χ4n) is 1.99. The van der Waals surface area contributed by atoms with Crippen LogP contribution in [0.15, 0.2) is 47.5 Å². The SMILES string of the molecule is CCCC(=O)NCCn1cnc(-c2ccccc2)cc1=O. The lowest BCUT2D eigenvalue weighted by Crippen LogP contribution is -2.30. The molecule has 110 valence electrons. The standard InChI is InChI=1S/C16H19N3O2/c1-2-6-15(20)17-9-10-19-12-18-14(11-16(19)21)13-7-4-3-5-8-13/h3-5,7-8,11-12H,2,6,9-10H2,1H3,(H,17,20). The molecular weight excluding hydrogens is 266 g/mol. The maximum Gasteiger partial charge on any atom is 0.253 e. The molecule has 0 spiro atoms. The lowest BCUT2D eigenvalue weighted by molar-refractivity contribution is -0.121. The summed E-state index contributed by atoms with van der Waals surface area (Å²) in [5.74, 6) is 0.0133. The maximum absolute atomic E-state index is 12.0. The van der Waals surface area contributed by atoms with E-state index in [2.05, 4.69) is 10.3 Å². The molecule has 2 aromatic rings. The van der Waals surface area contributed by atoms with Crippen LogP contribution >= 0.6 is 0 Å². The fraction of sp³-hybridized carbons (Fsp3) is 0.312. The molecule has 0 unspecified atom stereocenters. The van der Waals surface area contributed by atoms with Crippen LogP contribution in [-0.4, -0.2) is 22.0 Å². The second-order valence-corrected chi connectivity index (χ2v) is 4.77. The van der Waals surface area contributed by atoms with Crippen molar-refractivity contribution in [2.24, 2.45) is 0 Å². The highest BCUT2D eigenvalue weighted by molar-refractivity contribution is 5.75. The van der Waals surface area contributed by atoms with E-state index in [-0.39, 0.29) is 11.5 Å². The van der Waals surface area contributed by atoms with Gasteiger partial charge in [0.2, 0.25) is 5.91 Å². The first kappa shape index (κ1) is 15.0. The number of hydrogen-bond donors (Lipinski definition) is 1. The summed E-state index contributed by atoms with van der Waals surface area (Å²) in [4.78, 5) is 27.7. The van der Waals surface area contributed by atoms with Crippen molar-refractivity contribution in [1.82, 2.24) is 14.9 Å². The predicted octanol–water partition coefficient (Wildman–Crippen LogP) is 1.83. The molecule has 0 aliphatic rings. The van der Waals surface area contributed by atoms with E-state index in [4.69, 9.17) is 0 Å². The summed E-state index contributed by atoms with van der Waals surface area (Å²) in [6, 6.07) is 11.1. The van der Waals surface area contributed by atoms with E-state index in [1.165, 1.54) is 17.0 Å². The highest BCUT2D eigenvalue weighted by Crippen LogP contribution is 2.13. The third kappa shape index (κ3) is 4.27. The quantitative estimate of drug-likeness (QED) is 0.880. The molecule has 1 aromatic carbocycles. The molecule has 1 amide bonds. The Hall–Kier alpha value is -2.43. The van der Waals surface area contributed by atoms with Crippen molar-refractivity contribution in [2.45, 2.75) is 26.3 Å². The zero-order valence-electron chi connectivity index (χ0n) is 12.1. The van der Waals surface area contributed by atoms with Gasteiger partial charge in [0.25, 0.3) is 5.56 Å². The van der Waals surface area contributed by atoms with Crippen molar-refractivity contribution < 1.29 is 4.79 Å². The topological polar surface area (TPSA) is 64.0 Å². The molecule has 1 heterocycles. The molecule has 2 rings (SSSR count). The minimum absolute atomic E-state index is 0.0133. The number of nitrogens with zero attached hydrogens (tertiary/aromatic N) is 2. The van der Waals surface area contributed by atoms with Crippen molar-refractivity contribution in [1.29, 1.82) is 0 Å². The first-order chi connectivity index (χ1) is 10.2. The number of hydrogen-bond acceptors (Lipinski definition) is 3. The summed E-state index contributed by atoms with van der Waals surface area (Å²) in [5, 5.41) is 2.78. The fourth-order valence-corrected chi connectivity index (χ4v) is 1.99. The molecule has 0 fully saturated rings. The lowest BCUT2D eigenvalue weighted by atomic mass is 10.1. The van der Waals surface area contributed by atoms with Gasteiger partial charge >= 0.3 is 0 Å². The van der Waals surface area contributed by atoms with Crippen LogP contribution in [-0.2, 0) is 11.3 Å². The Bertz CT molecular complexity index is 650. The number of carbonyl (C=O) groups excluding carboxylic acids is 1. The monoisotopic (exact) mass is 285 g/mol. The molecular formula is C16H19N3O2. The van der Waals surface area contributed by atoms with E-state index in [0.717, 1.165) is 12.0 Å². The van der Waals surface area contributed by atoms with Gasteiger partial charge in [-0.25, -0.2) is 4.98 Å². The Kier molecular flexibility index (Phi) is 5.26. The normalized spacial score (nSPS) is 10.3. The summed E-state index contributed by atoms with van der Waals surface area (Å²) >= 11 is 0. The molecule has 21 heavy (non-hydrogen) atoms. The molecule has 0 aliphatic heterocycles. The van der Waals surface area contributed by atoms with Gasteiger partial charge in [0.15, 0.2) is 0 Å². The number of nitrogens with one attached hydrogen (secondary N) is 1. The minimum Gasteiger partial charge on any atom is -0.354 e. The Morgan fingerprint density at radius 2 is 2.05 bits per heavy atom. The van der Waals surface area contributed by atoms with Gasteiger partial charge in [-0.15, -0.1) is 0 Å². The average Bonchev–Trinajstić information content (AvgIpc) is 2.50.